The number of aromatic amines is 1. The van der Waals surface area contributed by atoms with Gasteiger partial charge in [0.05, 0.1) is 6.10 Å². The molecule has 57 heavy (non-hydrogen) atoms. The van der Waals surface area contributed by atoms with Gasteiger partial charge < -0.3 is 47.3 Å². The molecule has 2 aliphatic rings. The topological polar surface area (TPSA) is 228 Å². The molecule has 0 spiro atoms. The average Bonchev–Trinajstić information content (AvgIpc) is 3.79. The van der Waals surface area contributed by atoms with Crippen molar-refractivity contribution >= 4 is 75.2 Å². The number of hydrogen-bond donors (Lipinski definition) is 8. The fourth-order valence-electron chi connectivity index (χ4n) is 7.16. The summed E-state index contributed by atoms with van der Waals surface area (Å²) in [7, 11) is 0. The van der Waals surface area contributed by atoms with Crippen LogP contribution >= 0.6 is 24.0 Å². The minimum atomic E-state index is -1.51. The van der Waals surface area contributed by atoms with Crippen molar-refractivity contribution in [2.75, 3.05) is 25.1 Å². The van der Waals surface area contributed by atoms with Crippen LogP contribution in [0.15, 0.2) is 60.8 Å². The molecule has 0 saturated carbocycles. The first-order chi connectivity index (χ1) is 27.4. The van der Waals surface area contributed by atoms with Crippen LogP contribution in [0.5, 0.6) is 0 Å². The van der Waals surface area contributed by atoms with E-state index in [0.29, 0.717) is 35.6 Å². The number of aliphatic hydroxyl groups excluding tert-OH is 1. The van der Waals surface area contributed by atoms with E-state index in [1.165, 1.54) is 23.6 Å². The second-order valence-electron chi connectivity index (χ2n) is 14.4. The van der Waals surface area contributed by atoms with E-state index >= 15 is 0 Å². The Morgan fingerprint density at radius 3 is 2.14 bits per heavy atom. The molecule has 0 radical (unpaired) electrons. The lowest BCUT2D eigenvalue weighted by Gasteiger charge is -2.32. The maximum atomic E-state index is 14.5. The zero-order valence-electron chi connectivity index (χ0n) is 32.1. The number of para-hydroxylation sites is 1. The highest BCUT2D eigenvalue weighted by Gasteiger charge is 2.43. The molecule has 2 saturated heterocycles. The Morgan fingerprint density at radius 2 is 1.42 bits per heavy atom. The van der Waals surface area contributed by atoms with E-state index in [2.05, 4.69) is 31.6 Å². The molecule has 17 heteroatoms. The average molecular weight is 821 g/mol. The summed E-state index contributed by atoms with van der Waals surface area (Å²) < 4.78 is 0. The van der Waals surface area contributed by atoms with Gasteiger partial charge in [0.15, 0.2) is 0 Å². The predicted molar refractivity (Wildman–Crippen MR) is 222 cm³/mol. The number of thiocarbonyl (C=S) groups is 1. The van der Waals surface area contributed by atoms with E-state index in [0.717, 1.165) is 16.5 Å². The molecular formula is C40H52N8O7S2. The Balaban J connectivity index is 1.57. The minimum Gasteiger partial charge on any atom is -0.391 e. The van der Waals surface area contributed by atoms with Crippen LogP contribution in [-0.4, -0.2) is 123 Å². The molecule has 3 heterocycles. The van der Waals surface area contributed by atoms with Gasteiger partial charge in [-0.2, -0.15) is 11.8 Å². The summed E-state index contributed by atoms with van der Waals surface area (Å²) in [6.07, 6.45) is 3.77. The lowest BCUT2D eigenvalue weighted by atomic mass is 10.0. The zero-order chi connectivity index (χ0) is 41.1. The van der Waals surface area contributed by atoms with Gasteiger partial charge >= 0.3 is 0 Å². The number of carbonyl (C=O) groups excluding carboxylic acids is 6. The first-order valence-electron chi connectivity index (χ1n) is 19.2. The number of nitrogens with zero attached hydrogens (tertiary/aromatic N) is 1. The second kappa shape index (κ2) is 20.5. The van der Waals surface area contributed by atoms with Gasteiger partial charge in [0.2, 0.25) is 35.4 Å². The summed E-state index contributed by atoms with van der Waals surface area (Å²) in [5, 5.41) is 25.3. The van der Waals surface area contributed by atoms with E-state index in [4.69, 9.17) is 18.0 Å². The maximum Gasteiger partial charge on any atom is 0.248 e. The number of nitrogens with two attached hydrogens (primary N) is 1. The Kier molecular flexibility index (Phi) is 15.6. The van der Waals surface area contributed by atoms with Crippen LogP contribution in [0.2, 0.25) is 0 Å². The lowest BCUT2D eigenvalue weighted by molar-refractivity contribution is -0.142. The predicted octanol–water partition coefficient (Wildman–Crippen LogP) is 0.624. The molecular weight excluding hydrogens is 769 g/mol. The van der Waals surface area contributed by atoms with Crippen LogP contribution in [0.4, 0.5) is 0 Å². The van der Waals surface area contributed by atoms with Crippen molar-refractivity contribution in [2.24, 2.45) is 5.73 Å². The van der Waals surface area contributed by atoms with Gasteiger partial charge in [-0.3, -0.25) is 28.8 Å². The van der Waals surface area contributed by atoms with Gasteiger partial charge in [0, 0.05) is 41.4 Å². The van der Waals surface area contributed by atoms with Crippen LogP contribution in [0, 0.1) is 0 Å². The molecule has 3 aromatic rings. The summed E-state index contributed by atoms with van der Waals surface area (Å²) in [5.41, 5.74) is 8.01. The third-order valence-corrected chi connectivity index (χ3v) is 11.3. The van der Waals surface area contributed by atoms with Crippen molar-refractivity contribution in [1.29, 1.82) is 0 Å². The van der Waals surface area contributed by atoms with Crippen LogP contribution in [0.25, 0.3) is 10.9 Å². The lowest BCUT2D eigenvalue weighted by Crippen LogP contribution is -2.63. The highest BCUT2D eigenvalue weighted by Crippen LogP contribution is 2.22. The molecule has 306 valence electrons. The number of hydrogen-bond acceptors (Lipinski definition) is 10. The van der Waals surface area contributed by atoms with Crippen molar-refractivity contribution in [1.82, 2.24) is 36.5 Å². The molecule has 7 atom stereocenters. The van der Waals surface area contributed by atoms with Gasteiger partial charge in [0.1, 0.15) is 36.3 Å². The highest BCUT2D eigenvalue weighted by molar-refractivity contribution is 7.98. The summed E-state index contributed by atoms with van der Waals surface area (Å²) in [6.45, 7) is 1.76. The number of aliphatic hydroxyl groups is 1. The number of benzene rings is 2. The van der Waals surface area contributed by atoms with Crippen molar-refractivity contribution in [3.8, 4) is 0 Å². The maximum absolute atomic E-state index is 14.5. The SMILES string of the molecule is CSCC[C@@H]1NC(=O)[C@H]([C@@H](C)O)NC(=O)[C@H](CCCCN)NC(=O)[C@@H](Cc2c[nH]c3ccccc23)NC(=O)[C@@H]2C(=S)CCN2C(=O)[C@H](Cc2ccccc2)NC1=O. The normalized spacial score (nSPS) is 24.8. The number of nitrogens with one attached hydrogen (secondary N) is 6. The van der Waals surface area contributed by atoms with E-state index < -0.39 is 77.8 Å². The quantitative estimate of drug-likeness (QED) is 0.0939. The van der Waals surface area contributed by atoms with Gasteiger partial charge in [-0.1, -0.05) is 60.7 Å². The van der Waals surface area contributed by atoms with E-state index in [1.807, 2.05) is 48.7 Å². The standard InChI is InChI=1S/C40H52N8O7S2/c1-23(49)33-38(53)44-29(16-19-57-2)35(50)46-31(20-24-10-4-3-5-11-24)40(55)48-18-15-32(56)34(48)39(54)45-30(21-25-22-42-27-13-7-6-12-26(25)27)37(52)43-28(36(51)47-33)14-8-9-17-41/h3-7,10-13,22-23,28-31,33-34,42,49H,8-9,14-21,41H2,1-2H3,(H,43,52)(H,44,53)(H,45,54)(H,46,50)(H,47,51)/t23-,28+,29+,30-,31+,33+,34+/m1/s1. The highest BCUT2D eigenvalue weighted by atomic mass is 32.2. The van der Waals surface area contributed by atoms with E-state index in [1.54, 1.807) is 18.3 Å². The first-order valence-corrected chi connectivity index (χ1v) is 21.0. The number of H-pyrrole nitrogens is 1. The molecule has 1 aromatic heterocycles. The molecule has 15 nitrogen and oxygen atoms in total. The van der Waals surface area contributed by atoms with Gasteiger partial charge in [-0.25, -0.2) is 0 Å². The fraction of sp³-hybridized carbons (Fsp3) is 0.475. The zero-order valence-corrected chi connectivity index (χ0v) is 33.8. The van der Waals surface area contributed by atoms with Crippen molar-refractivity contribution in [3.05, 3.63) is 71.9 Å². The number of aromatic nitrogens is 1. The second-order valence-corrected chi connectivity index (χ2v) is 16.0. The number of carbonyl (C=O) groups is 6. The third kappa shape index (κ3) is 11.2. The molecule has 6 amide bonds. The van der Waals surface area contributed by atoms with Crippen molar-refractivity contribution in [2.45, 2.75) is 94.2 Å². The van der Waals surface area contributed by atoms with Crippen LogP contribution in [-0.2, 0) is 41.6 Å². The molecule has 2 aliphatic heterocycles. The molecule has 0 aliphatic carbocycles. The monoisotopic (exact) mass is 820 g/mol. The third-order valence-electron chi connectivity index (χ3n) is 10.3. The van der Waals surface area contributed by atoms with Gasteiger partial charge in [-0.05, 0) is 74.8 Å². The number of unbranched alkanes of at least 4 members (excludes halogenated alkanes) is 1. The number of thioether (sulfide) groups is 1. The largest absolute Gasteiger partial charge is 0.391 e. The van der Waals surface area contributed by atoms with Gasteiger partial charge in [-0.15, -0.1) is 0 Å². The molecule has 9 N–H and O–H groups in total. The molecule has 5 rings (SSSR count). The van der Waals surface area contributed by atoms with Crippen LogP contribution < -0.4 is 32.3 Å². The van der Waals surface area contributed by atoms with E-state index in [-0.39, 0.29) is 38.6 Å². The number of rotatable bonds is 12. The van der Waals surface area contributed by atoms with E-state index in [9.17, 15) is 33.9 Å². The Labute approximate surface area is 341 Å². The first kappa shape index (κ1) is 43.3. The molecule has 0 unspecified atom stereocenters. The van der Waals surface area contributed by atoms with Crippen LogP contribution in [0.1, 0.15) is 50.2 Å². The number of fused-ring (bicyclic) bond motifs is 2. The summed E-state index contributed by atoms with van der Waals surface area (Å²) in [6, 6.07) is 9.02. The summed E-state index contributed by atoms with van der Waals surface area (Å²) >= 11 is 7.12. The van der Waals surface area contributed by atoms with Crippen LogP contribution in [0.3, 0.4) is 0 Å². The Morgan fingerprint density at radius 1 is 0.789 bits per heavy atom. The fourth-order valence-corrected chi connectivity index (χ4v) is 7.95. The number of amides is 6. The smallest absolute Gasteiger partial charge is 0.248 e. The summed E-state index contributed by atoms with van der Waals surface area (Å²) in [4.78, 5) is 89.9. The molecule has 2 fully saturated rings. The Hall–Kier alpha value is -4.84. The summed E-state index contributed by atoms with van der Waals surface area (Å²) in [5.74, 6) is -3.70. The van der Waals surface area contributed by atoms with Crippen molar-refractivity contribution < 1.29 is 33.9 Å². The molecule has 2 aromatic carbocycles. The minimum absolute atomic E-state index is 0.00891. The van der Waals surface area contributed by atoms with Gasteiger partial charge in [0.25, 0.3) is 0 Å². The van der Waals surface area contributed by atoms with Crippen molar-refractivity contribution in [3.63, 3.8) is 0 Å². The molecule has 0 bridgehead atoms. The Bertz CT molecular complexity index is 1930.